The predicted molar refractivity (Wildman–Crippen MR) is 145 cm³/mol. The molecule has 4 aromatic rings. The number of carbonyl (C=O) groups is 3. The summed E-state index contributed by atoms with van der Waals surface area (Å²) in [5.41, 5.74) is 2.10. The van der Waals surface area contributed by atoms with Crippen molar-refractivity contribution in [2.24, 2.45) is 0 Å². The third kappa shape index (κ3) is 6.68. The summed E-state index contributed by atoms with van der Waals surface area (Å²) in [6.07, 6.45) is 7.74. The Balaban J connectivity index is 1.42. The van der Waals surface area contributed by atoms with E-state index in [0.717, 1.165) is 24.8 Å². The van der Waals surface area contributed by atoms with Gasteiger partial charge in [0.2, 0.25) is 5.91 Å². The monoisotopic (exact) mass is 542 g/mol. The standard InChI is InChI=1S/C29H27FN6O4/c30-21-5-1-3-19(15-21)12-14-32-27(37)26(20-4-2-13-31-16-20)36(28(38)25-17-40-18-33-25)24-10-8-23(9-11-24)35-29(39)34-22-6-7-22/h1-5,8-11,13,15-18,22,26H,6-7,12,14H2,(H,32,37)(H2,34,35,39). The van der Waals surface area contributed by atoms with Crippen LogP contribution in [0.3, 0.4) is 0 Å². The Hall–Kier alpha value is -5.06. The molecule has 2 aromatic heterocycles. The van der Waals surface area contributed by atoms with Gasteiger partial charge in [-0.3, -0.25) is 19.5 Å². The fourth-order valence-corrected chi connectivity index (χ4v) is 4.19. The van der Waals surface area contributed by atoms with E-state index in [9.17, 15) is 18.8 Å². The summed E-state index contributed by atoms with van der Waals surface area (Å²) in [5, 5.41) is 8.49. The number of hydrogen-bond acceptors (Lipinski definition) is 6. The molecule has 1 fully saturated rings. The minimum Gasteiger partial charge on any atom is -0.451 e. The van der Waals surface area contributed by atoms with Crippen molar-refractivity contribution in [2.75, 3.05) is 16.8 Å². The number of oxazole rings is 1. The maximum Gasteiger partial charge on any atom is 0.319 e. The van der Waals surface area contributed by atoms with Gasteiger partial charge >= 0.3 is 6.03 Å². The van der Waals surface area contributed by atoms with Crippen LogP contribution in [0.2, 0.25) is 0 Å². The molecule has 3 N–H and O–H groups in total. The third-order valence-corrected chi connectivity index (χ3v) is 6.29. The van der Waals surface area contributed by atoms with Crippen molar-refractivity contribution >= 4 is 29.2 Å². The van der Waals surface area contributed by atoms with Crippen LogP contribution in [-0.4, -0.2) is 40.4 Å². The van der Waals surface area contributed by atoms with Crippen molar-refractivity contribution in [3.8, 4) is 0 Å². The number of pyridine rings is 1. The predicted octanol–water partition coefficient (Wildman–Crippen LogP) is 4.24. The van der Waals surface area contributed by atoms with E-state index in [4.69, 9.17) is 4.42 Å². The number of hydrogen-bond donors (Lipinski definition) is 3. The quantitative estimate of drug-likeness (QED) is 0.275. The molecule has 2 heterocycles. The van der Waals surface area contributed by atoms with Gasteiger partial charge in [-0.05, 0) is 67.3 Å². The lowest BCUT2D eigenvalue weighted by atomic mass is 10.0. The number of benzene rings is 2. The molecular formula is C29H27FN6O4. The molecule has 11 heteroatoms. The molecular weight excluding hydrogens is 515 g/mol. The lowest BCUT2D eigenvalue weighted by Crippen LogP contribution is -2.44. The highest BCUT2D eigenvalue weighted by Gasteiger charge is 2.34. The second-order valence-electron chi connectivity index (χ2n) is 9.33. The van der Waals surface area contributed by atoms with Crippen LogP contribution in [0.5, 0.6) is 0 Å². The molecule has 5 rings (SSSR count). The molecule has 0 aliphatic heterocycles. The van der Waals surface area contributed by atoms with Crippen LogP contribution >= 0.6 is 0 Å². The van der Waals surface area contributed by atoms with E-state index < -0.39 is 17.9 Å². The molecule has 0 spiro atoms. The number of anilines is 2. The van der Waals surface area contributed by atoms with Gasteiger partial charge < -0.3 is 20.4 Å². The lowest BCUT2D eigenvalue weighted by molar-refractivity contribution is -0.122. The topological polar surface area (TPSA) is 129 Å². The molecule has 1 saturated carbocycles. The molecule has 0 bridgehead atoms. The lowest BCUT2D eigenvalue weighted by Gasteiger charge is -2.31. The van der Waals surface area contributed by atoms with E-state index in [0.29, 0.717) is 23.4 Å². The van der Waals surface area contributed by atoms with Crippen molar-refractivity contribution < 1.29 is 23.2 Å². The van der Waals surface area contributed by atoms with Crippen LogP contribution < -0.4 is 20.9 Å². The van der Waals surface area contributed by atoms with E-state index in [1.807, 2.05) is 0 Å². The molecule has 1 unspecified atom stereocenters. The highest BCUT2D eigenvalue weighted by atomic mass is 19.1. The van der Waals surface area contributed by atoms with Crippen molar-refractivity contribution in [2.45, 2.75) is 31.3 Å². The summed E-state index contributed by atoms with van der Waals surface area (Å²) >= 11 is 0. The average Bonchev–Trinajstić information content (AvgIpc) is 3.59. The SMILES string of the molecule is O=C(Nc1ccc(N(C(=O)c2cocn2)C(C(=O)NCCc2cccc(F)c2)c2cccnc2)cc1)NC1CC1. The first-order chi connectivity index (χ1) is 19.5. The van der Waals surface area contributed by atoms with E-state index >= 15 is 0 Å². The van der Waals surface area contributed by atoms with Crippen LogP contribution in [0, 0.1) is 5.82 Å². The zero-order valence-electron chi connectivity index (χ0n) is 21.4. The Kier molecular flexibility index (Phi) is 8.10. The van der Waals surface area contributed by atoms with Crippen molar-refractivity contribution in [1.82, 2.24) is 20.6 Å². The summed E-state index contributed by atoms with van der Waals surface area (Å²) in [6.45, 7) is 0.212. The van der Waals surface area contributed by atoms with Gasteiger partial charge in [-0.15, -0.1) is 0 Å². The molecule has 0 saturated heterocycles. The minimum absolute atomic E-state index is 0.00691. The van der Waals surface area contributed by atoms with Crippen molar-refractivity contribution in [3.63, 3.8) is 0 Å². The Labute approximate surface area is 229 Å². The number of carbonyl (C=O) groups excluding carboxylic acids is 3. The molecule has 10 nitrogen and oxygen atoms in total. The zero-order chi connectivity index (χ0) is 27.9. The first kappa shape index (κ1) is 26.5. The number of nitrogens with one attached hydrogen (secondary N) is 3. The zero-order valence-corrected chi connectivity index (χ0v) is 21.4. The van der Waals surface area contributed by atoms with Gasteiger partial charge in [0.1, 0.15) is 18.1 Å². The van der Waals surface area contributed by atoms with Gasteiger partial charge in [0.15, 0.2) is 12.1 Å². The van der Waals surface area contributed by atoms with E-state index in [-0.39, 0.29) is 30.1 Å². The smallest absolute Gasteiger partial charge is 0.319 e. The Morgan fingerprint density at radius 1 is 1.07 bits per heavy atom. The summed E-state index contributed by atoms with van der Waals surface area (Å²) in [5.74, 6) is -1.40. The largest absolute Gasteiger partial charge is 0.451 e. The molecule has 204 valence electrons. The second kappa shape index (κ2) is 12.2. The summed E-state index contributed by atoms with van der Waals surface area (Å²) in [4.78, 5) is 49.0. The summed E-state index contributed by atoms with van der Waals surface area (Å²) in [6, 6.07) is 14.8. The normalized spacial score (nSPS) is 13.2. The molecule has 4 amide bonds. The first-order valence-corrected chi connectivity index (χ1v) is 12.8. The number of halogens is 1. The van der Waals surface area contributed by atoms with Crippen LogP contribution in [0.25, 0.3) is 0 Å². The number of nitrogens with zero attached hydrogens (tertiary/aromatic N) is 3. The van der Waals surface area contributed by atoms with Gasteiger partial charge in [-0.2, -0.15) is 0 Å². The van der Waals surface area contributed by atoms with Gasteiger partial charge in [0.05, 0.1) is 0 Å². The fourth-order valence-electron chi connectivity index (χ4n) is 4.19. The Bertz CT molecular complexity index is 1460. The number of urea groups is 1. The van der Waals surface area contributed by atoms with Gasteiger partial charge in [-0.1, -0.05) is 18.2 Å². The molecule has 40 heavy (non-hydrogen) atoms. The van der Waals surface area contributed by atoms with Crippen LogP contribution in [0.1, 0.15) is 40.5 Å². The highest BCUT2D eigenvalue weighted by Crippen LogP contribution is 2.30. The molecule has 1 aliphatic carbocycles. The highest BCUT2D eigenvalue weighted by molar-refractivity contribution is 6.09. The van der Waals surface area contributed by atoms with Crippen molar-refractivity contribution in [1.29, 1.82) is 0 Å². The maximum atomic E-state index is 13.7. The fraction of sp³-hybridized carbons (Fsp3) is 0.207. The number of rotatable bonds is 10. The average molecular weight is 543 g/mol. The van der Waals surface area contributed by atoms with Gasteiger partial charge in [0, 0.05) is 41.9 Å². The van der Waals surface area contributed by atoms with Crippen LogP contribution in [0.4, 0.5) is 20.6 Å². The van der Waals surface area contributed by atoms with E-state index in [1.54, 1.807) is 54.7 Å². The molecule has 2 aromatic carbocycles. The number of amides is 4. The van der Waals surface area contributed by atoms with E-state index in [2.05, 4.69) is 25.9 Å². The van der Waals surface area contributed by atoms with Crippen molar-refractivity contribution in [3.05, 3.63) is 108 Å². The first-order valence-electron chi connectivity index (χ1n) is 12.8. The Morgan fingerprint density at radius 3 is 2.58 bits per heavy atom. The van der Waals surface area contributed by atoms with E-state index in [1.165, 1.54) is 29.5 Å². The van der Waals surface area contributed by atoms with Gasteiger partial charge in [0.25, 0.3) is 5.91 Å². The summed E-state index contributed by atoms with van der Waals surface area (Å²) in [7, 11) is 0. The molecule has 1 atom stereocenters. The third-order valence-electron chi connectivity index (χ3n) is 6.29. The molecule has 1 aliphatic rings. The Morgan fingerprint density at radius 2 is 1.90 bits per heavy atom. The molecule has 0 radical (unpaired) electrons. The minimum atomic E-state index is -1.12. The number of aromatic nitrogens is 2. The summed E-state index contributed by atoms with van der Waals surface area (Å²) < 4.78 is 18.6. The maximum absolute atomic E-state index is 13.7. The second-order valence-corrected chi connectivity index (χ2v) is 9.33. The van der Waals surface area contributed by atoms with Crippen LogP contribution in [0.15, 0.2) is 90.1 Å². The van der Waals surface area contributed by atoms with Crippen LogP contribution in [-0.2, 0) is 11.2 Å². The van der Waals surface area contributed by atoms with Gasteiger partial charge in [-0.25, -0.2) is 14.2 Å².